The van der Waals surface area contributed by atoms with Crippen molar-refractivity contribution in [1.82, 2.24) is 9.80 Å². The largest absolute Gasteiger partial charge is 0.444 e. The van der Waals surface area contributed by atoms with E-state index in [0.717, 1.165) is 0 Å². The minimum Gasteiger partial charge on any atom is -0.444 e. The molecule has 2 aliphatic heterocycles. The van der Waals surface area contributed by atoms with E-state index in [4.69, 9.17) is 4.74 Å². The van der Waals surface area contributed by atoms with E-state index < -0.39 is 17.4 Å². The monoisotopic (exact) mass is 288 g/mol. The molecule has 5 nitrogen and oxygen atoms in total. The Labute approximate surface area is 119 Å². The van der Waals surface area contributed by atoms with Crippen LogP contribution in [-0.2, 0) is 4.74 Å². The van der Waals surface area contributed by atoms with Gasteiger partial charge in [-0.05, 0) is 33.6 Å². The molecule has 1 amide bonds. The molecular formula is C14H25FN2O3. The number of rotatable bonds is 2. The number of carbonyl (C=O) groups excluding carboxylic acids is 1. The Morgan fingerprint density at radius 1 is 1.35 bits per heavy atom. The molecule has 116 valence electrons. The lowest BCUT2D eigenvalue weighted by molar-refractivity contribution is -0.0718. The molecule has 0 saturated carbocycles. The number of nitrogens with zero attached hydrogens (tertiary/aromatic N) is 2. The quantitative estimate of drug-likeness (QED) is 0.834. The van der Waals surface area contributed by atoms with E-state index in [1.54, 1.807) is 4.90 Å². The molecule has 2 fully saturated rings. The van der Waals surface area contributed by atoms with Gasteiger partial charge < -0.3 is 14.7 Å². The van der Waals surface area contributed by atoms with Gasteiger partial charge in [0.25, 0.3) is 0 Å². The van der Waals surface area contributed by atoms with Crippen molar-refractivity contribution in [2.24, 2.45) is 0 Å². The van der Waals surface area contributed by atoms with E-state index in [0.29, 0.717) is 45.6 Å². The number of amides is 1. The number of β-amino-alcohol motifs (C(OH)–C–C–N with tert-alkyl or cyclic N) is 1. The summed E-state index contributed by atoms with van der Waals surface area (Å²) in [6.45, 7) is 7.80. The van der Waals surface area contributed by atoms with E-state index >= 15 is 0 Å². The molecule has 2 heterocycles. The number of likely N-dealkylation sites (tertiary alicyclic amines) is 2. The Hall–Kier alpha value is -0.880. The Morgan fingerprint density at radius 2 is 1.90 bits per heavy atom. The molecule has 6 heteroatoms. The fourth-order valence-electron chi connectivity index (χ4n) is 2.64. The predicted octanol–water partition coefficient (Wildman–Crippen LogP) is 1.40. The first-order valence-corrected chi connectivity index (χ1v) is 7.24. The first-order chi connectivity index (χ1) is 9.17. The molecule has 2 saturated heterocycles. The maximum absolute atomic E-state index is 12.8. The molecule has 20 heavy (non-hydrogen) atoms. The molecule has 0 bridgehead atoms. The third-order valence-corrected chi connectivity index (χ3v) is 3.78. The minimum atomic E-state index is -0.807. The van der Waals surface area contributed by atoms with Gasteiger partial charge in [0.2, 0.25) is 0 Å². The topological polar surface area (TPSA) is 53.0 Å². The summed E-state index contributed by atoms with van der Waals surface area (Å²) in [7, 11) is 0. The number of hydrogen-bond donors (Lipinski definition) is 1. The van der Waals surface area contributed by atoms with Crippen LogP contribution < -0.4 is 0 Å². The molecule has 0 atom stereocenters. The van der Waals surface area contributed by atoms with E-state index in [9.17, 15) is 14.3 Å². The fourth-order valence-corrected chi connectivity index (χ4v) is 2.64. The van der Waals surface area contributed by atoms with Crippen LogP contribution in [0.15, 0.2) is 0 Å². The van der Waals surface area contributed by atoms with Gasteiger partial charge in [-0.15, -0.1) is 0 Å². The fraction of sp³-hybridized carbons (Fsp3) is 0.929. The molecule has 2 aliphatic rings. The van der Waals surface area contributed by atoms with Crippen LogP contribution in [0.4, 0.5) is 9.18 Å². The summed E-state index contributed by atoms with van der Waals surface area (Å²) in [5.41, 5.74) is -1.31. The molecular weight excluding hydrogens is 263 g/mol. The predicted molar refractivity (Wildman–Crippen MR) is 73.3 cm³/mol. The van der Waals surface area contributed by atoms with Gasteiger partial charge in [-0.1, -0.05) is 0 Å². The molecule has 0 aromatic rings. The Bertz CT molecular complexity index is 356. The van der Waals surface area contributed by atoms with Crippen molar-refractivity contribution in [2.75, 3.05) is 32.7 Å². The molecule has 0 spiro atoms. The van der Waals surface area contributed by atoms with Crippen LogP contribution in [0, 0.1) is 0 Å². The highest BCUT2D eigenvalue weighted by Crippen LogP contribution is 2.26. The molecule has 1 N–H and O–H groups in total. The highest BCUT2D eigenvalue weighted by molar-refractivity contribution is 5.68. The van der Waals surface area contributed by atoms with Gasteiger partial charge >= 0.3 is 6.09 Å². The first kappa shape index (κ1) is 15.5. The summed E-state index contributed by atoms with van der Waals surface area (Å²) in [4.78, 5) is 15.5. The minimum absolute atomic E-state index is 0.327. The Kier molecular flexibility index (Phi) is 4.25. The molecule has 0 radical (unpaired) electrons. The lowest BCUT2D eigenvalue weighted by Gasteiger charge is -2.44. The second kappa shape index (κ2) is 5.48. The lowest BCUT2D eigenvalue weighted by atomic mass is 9.90. The summed E-state index contributed by atoms with van der Waals surface area (Å²) in [6, 6.07) is 0. The van der Waals surface area contributed by atoms with Gasteiger partial charge in [-0.2, -0.15) is 0 Å². The number of aliphatic hydroxyl groups is 1. The first-order valence-electron chi connectivity index (χ1n) is 7.24. The number of halogens is 1. The summed E-state index contributed by atoms with van der Waals surface area (Å²) in [5.74, 6) is 0. The van der Waals surface area contributed by atoms with E-state index in [2.05, 4.69) is 0 Å². The lowest BCUT2D eigenvalue weighted by Crippen LogP contribution is -2.58. The van der Waals surface area contributed by atoms with Gasteiger partial charge in [0.1, 0.15) is 11.8 Å². The van der Waals surface area contributed by atoms with Crippen molar-refractivity contribution in [3.05, 3.63) is 0 Å². The number of hydrogen-bond acceptors (Lipinski definition) is 4. The van der Waals surface area contributed by atoms with Gasteiger partial charge in [0.15, 0.2) is 0 Å². The Balaban J connectivity index is 1.78. The maximum Gasteiger partial charge on any atom is 0.410 e. The summed E-state index contributed by atoms with van der Waals surface area (Å²) in [6.07, 6.45) is -0.0490. The highest BCUT2D eigenvalue weighted by Gasteiger charge is 2.39. The SMILES string of the molecule is CC(C)(C)OC(=O)N1CCC(O)(CN2CC(F)C2)CC1. The zero-order chi connectivity index (χ0) is 15.0. The van der Waals surface area contributed by atoms with Crippen LogP contribution in [0.5, 0.6) is 0 Å². The van der Waals surface area contributed by atoms with Crippen molar-refractivity contribution < 1.29 is 19.0 Å². The third-order valence-electron chi connectivity index (χ3n) is 3.78. The van der Waals surface area contributed by atoms with Crippen LogP contribution >= 0.6 is 0 Å². The van der Waals surface area contributed by atoms with Crippen LogP contribution in [0.3, 0.4) is 0 Å². The van der Waals surface area contributed by atoms with Crippen molar-refractivity contribution in [2.45, 2.75) is 51.0 Å². The standard InChI is InChI=1S/C14H25FN2O3/c1-13(2,3)20-12(18)17-6-4-14(19,5-7-17)10-16-8-11(15)9-16/h11,19H,4-10H2,1-3H3. The van der Waals surface area contributed by atoms with Crippen LogP contribution in [-0.4, -0.2) is 71.1 Å². The van der Waals surface area contributed by atoms with Crippen LogP contribution in [0.2, 0.25) is 0 Å². The van der Waals surface area contributed by atoms with Crippen LogP contribution in [0.25, 0.3) is 0 Å². The van der Waals surface area contributed by atoms with E-state index in [1.165, 1.54) is 0 Å². The van der Waals surface area contributed by atoms with Crippen molar-refractivity contribution in [3.63, 3.8) is 0 Å². The van der Waals surface area contributed by atoms with Gasteiger partial charge in [0, 0.05) is 32.7 Å². The normalized spacial score (nSPS) is 24.4. The maximum atomic E-state index is 12.8. The molecule has 0 aliphatic carbocycles. The smallest absolute Gasteiger partial charge is 0.410 e. The van der Waals surface area contributed by atoms with Gasteiger partial charge in [-0.25, -0.2) is 9.18 Å². The number of piperidine rings is 1. The average Bonchev–Trinajstić information content (AvgIpc) is 2.25. The third kappa shape index (κ3) is 4.06. The number of carbonyl (C=O) groups is 1. The van der Waals surface area contributed by atoms with Gasteiger partial charge in [-0.3, -0.25) is 4.90 Å². The van der Waals surface area contributed by atoms with Crippen LogP contribution in [0.1, 0.15) is 33.6 Å². The summed E-state index contributed by atoms with van der Waals surface area (Å²) >= 11 is 0. The average molecular weight is 288 g/mol. The Morgan fingerprint density at radius 3 is 2.35 bits per heavy atom. The number of alkyl halides is 1. The van der Waals surface area contributed by atoms with Crippen molar-refractivity contribution >= 4 is 6.09 Å². The van der Waals surface area contributed by atoms with E-state index in [1.807, 2.05) is 25.7 Å². The second-order valence-corrected chi connectivity index (χ2v) is 6.98. The van der Waals surface area contributed by atoms with Crippen molar-refractivity contribution in [3.8, 4) is 0 Å². The zero-order valence-electron chi connectivity index (χ0n) is 12.6. The number of ether oxygens (including phenoxy) is 1. The molecule has 0 aromatic heterocycles. The van der Waals surface area contributed by atoms with Crippen molar-refractivity contribution in [1.29, 1.82) is 0 Å². The second-order valence-electron chi connectivity index (χ2n) is 6.98. The molecule has 0 unspecified atom stereocenters. The zero-order valence-corrected chi connectivity index (χ0v) is 12.6. The highest BCUT2D eigenvalue weighted by atomic mass is 19.1. The molecule has 2 rings (SSSR count). The van der Waals surface area contributed by atoms with E-state index in [-0.39, 0.29) is 6.09 Å². The summed E-state index contributed by atoms with van der Waals surface area (Å²) < 4.78 is 18.1. The summed E-state index contributed by atoms with van der Waals surface area (Å²) in [5, 5.41) is 10.5. The molecule has 0 aromatic carbocycles. The van der Waals surface area contributed by atoms with Gasteiger partial charge in [0.05, 0.1) is 5.60 Å².